The number of Topliss-reactive ketones (excluding diaryl/α,β-unsaturated/α-hetero) is 1. The third-order valence-corrected chi connectivity index (χ3v) is 5.23. The van der Waals surface area contributed by atoms with Gasteiger partial charge in [0, 0.05) is 32.2 Å². The lowest BCUT2D eigenvalue weighted by Crippen LogP contribution is -2.40. The summed E-state index contributed by atoms with van der Waals surface area (Å²) in [7, 11) is 0. The fourth-order valence-corrected chi connectivity index (χ4v) is 3.46. The second kappa shape index (κ2) is 8.48. The third-order valence-electron chi connectivity index (χ3n) is 5.23. The third kappa shape index (κ3) is 4.60. The normalized spacial score (nSPS) is 19.6. The molecule has 2 aliphatic heterocycles. The van der Waals surface area contributed by atoms with E-state index >= 15 is 0 Å². The van der Waals surface area contributed by atoms with Crippen molar-refractivity contribution in [3.63, 3.8) is 0 Å². The molecule has 136 valence electrons. The Labute approximate surface area is 149 Å². The van der Waals surface area contributed by atoms with Crippen LogP contribution in [0.5, 0.6) is 5.75 Å². The van der Waals surface area contributed by atoms with Gasteiger partial charge in [0.05, 0.1) is 5.56 Å². The summed E-state index contributed by atoms with van der Waals surface area (Å²) in [6.45, 7) is 5.07. The fraction of sp³-hybridized carbons (Fsp3) is 0.600. The molecule has 1 amide bonds. The van der Waals surface area contributed by atoms with Gasteiger partial charge in [-0.05, 0) is 43.7 Å². The Hall–Kier alpha value is -1.88. The molecule has 2 saturated heterocycles. The zero-order valence-corrected chi connectivity index (χ0v) is 14.9. The molecule has 0 aromatic heterocycles. The molecule has 0 radical (unpaired) electrons. The molecule has 5 nitrogen and oxygen atoms in total. The molecule has 0 saturated carbocycles. The Morgan fingerprint density at radius 1 is 1.12 bits per heavy atom. The van der Waals surface area contributed by atoms with Crippen LogP contribution in [0.4, 0.5) is 0 Å². The van der Waals surface area contributed by atoms with Crippen molar-refractivity contribution in [3.8, 4) is 5.75 Å². The van der Waals surface area contributed by atoms with Gasteiger partial charge in [0.2, 0.25) is 0 Å². The molecule has 25 heavy (non-hydrogen) atoms. The van der Waals surface area contributed by atoms with Gasteiger partial charge in [-0.25, -0.2) is 0 Å². The lowest BCUT2D eigenvalue weighted by atomic mass is 9.90. The monoisotopic (exact) mass is 345 g/mol. The van der Waals surface area contributed by atoms with Crippen molar-refractivity contribution in [3.05, 3.63) is 29.8 Å². The van der Waals surface area contributed by atoms with Gasteiger partial charge in [-0.15, -0.1) is 0 Å². The van der Waals surface area contributed by atoms with Crippen LogP contribution in [0.3, 0.4) is 0 Å². The van der Waals surface area contributed by atoms with Crippen molar-refractivity contribution in [2.75, 3.05) is 32.9 Å². The number of para-hydroxylation sites is 1. The molecule has 0 aliphatic carbocycles. The number of benzene rings is 1. The van der Waals surface area contributed by atoms with Crippen LogP contribution >= 0.6 is 0 Å². The van der Waals surface area contributed by atoms with E-state index < -0.39 is 0 Å². The fourth-order valence-electron chi connectivity index (χ4n) is 3.46. The van der Waals surface area contributed by atoms with Crippen LogP contribution in [-0.2, 0) is 9.53 Å². The molecular formula is C20H27NO4. The van der Waals surface area contributed by atoms with Crippen molar-refractivity contribution >= 4 is 11.7 Å². The number of likely N-dealkylation sites (tertiary alicyclic amines) is 1. The van der Waals surface area contributed by atoms with E-state index in [0.717, 1.165) is 38.8 Å². The molecule has 0 unspecified atom stereocenters. The minimum Gasteiger partial charge on any atom is -0.483 e. The van der Waals surface area contributed by atoms with Crippen LogP contribution in [-0.4, -0.2) is 49.5 Å². The highest BCUT2D eigenvalue weighted by Crippen LogP contribution is 2.26. The molecule has 3 rings (SSSR count). The SMILES string of the molecule is CC1CCN(C(=O)COc2ccccc2C(=O)C2CCOCC2)CC1. The summed E-state index contributed by atoms with van der Waals surface area (Å²) >= 11 is 0. The number of carbonyl (C=O) groups excluding carboxylic acids is 2. The van der Waals surface area contributed by atoms with Gasteiger partial charge >= 0.3 is 0 Å². The van der Waals surface area contributed by atoms with Crippen LogP contribution in [0.2, 0.25) is 0 Å². The zero-order chi connectivity index (χ0) is 17.6. The van der Waals surface area contributed by atoms with Crippen molar-refractivity contribution in [1.29, 1.82) is 0 Å². The number of amides is 1. The second-order valence-corrected chi connectivity index (χ2v) is 7.10. The van der Waals surface area contributed by atoms with Crippen molar-refractivity contribution in [2.24, 2.45) is 11.8 Å². The average Bonchev–Trinajstić information content (AvgIpc) is 2.67. The van der Waals surface area contributed by atoms with E-state index in [2.05, 4.69) is 6.92 Å². The van der Waals surface area contributed by atoms with E-state index in [-0.39, 0.29) is 24.2 Å². The summed E-state index contributed by atoms with van der Waals surface area (Å²) in [6, 6.07) is 7.24. The number of hydrogen-bond acceptors (Lipinski definition) is 4. The minimum absolute atomic E-state index is 0.000202. The highest BCUT2D eigenvalue weighted by atomic mass is 16.5. The molecule has 2 fully saturated rings. The Morgan fingerprint density at radius 3 is 2.52 bits per heavy atom. The molecule has 2 aliphatic rings. The van der Waals surface area contributed by atoms with Crippen LogP contribution < -0.4 is 4.74 Å². The smallest absolute Gasteiger partial charge is 0.260 e. The maximum absolute atomic E-state index is 12.8. The highest BCUT2D eigenvalue weighted by Gasteiger charge is 2.26. The van der Waals surface area contributed by atoms with E-state index in [1.165, 1.54) is 0 Å². The maximum atomic E-state index is 12.8. The molecule has 1 aromatic rings. The number of carbonyl (C=O) groups is 2. The van der Waals surface area contributed by atoms with Gasteiger partial charge in [-0.1, -0.05) is 19.1 Å². The van der Waals surface area contributed by atoms with Gasteiger partial charge in [0.1, 0.15) is 5.75 Å². The number of hydrogen-bond donors (Lipinski definition) is 0. The molecule has 0 N–H and O–H groups in total. The topological polar surface area (TPSA) is 55.8 Å². The number of ether oxygens (including phenoxy) is 2. The summed E-state index contributed by atoms with van der Waals surface area (Å²) in [5.74, 6) is 1.27. The van der Waals surface area contributed by atoms with Crippen molar-refractivity contribution < 1.29 is 19.1 Å². The van der Waals surface area contributed by atoms with Crippen LogP contribution in [0.25, 0.3) is 0 Å². The Balaban J connectivity index is 1.61. The Bertz CT molecular complexity index is 601. The van der Waals surface area contributed by atoms with Gasteiger partial charge in [-0.3, -0.25) is 9.59 Å². The van der Waals surface area contributed by atoms with E-state index in [9.17, 15) is 9.59 Å². The number of rotatable bonds is 5. The molecule has 0 atom stereocenters. The van der Waals surface area contributed by atoms with Crippen LogP contribution in [0, 0.1) is 11.8 Å². The lowest BCUT2D eigenvalue weighted by molar-refractivity contribution is -0.134. The molecule has 2 heterocycles. The molecule has 0 spiro atoms. The van der Waals surface area contributed by atoms with Gasteiger partial charge in [-0.2, -0.15) is 0 Å². The minimum atomic E-state index is -0.0159. The Kier molecular flexibility index (Phi) is 6.08. The van der Waals surface area contributed by atoms with Crippen molar-refractivity contribution in [1.82, 2.24) is 4.90 Å². The van der Waals surface area contributed by atoms with E-state index in [0.29, 0.717) is 30.4 Å². The number of piperidine rings is 1. The quantitative estimate of drug-likeness (QED) is 0.770. The zero-order valence-electron chi connectivity index (χ0n) is 14.9. The molecule has 5 heteroatoms. The van der Waals surface area contributed by atoms with E-state index in [1.807, 2.05) is 17.0 Å². The molecule has 0 bridgehead atoms. The van der Waals surface area contributed by atoms with Crippen LogP contribution in [0.1, 0.15) is 43.0 Å². The van der Waals surface area contributed by atoms with Gasteiger partial charge in [0.25, 0.3) is 5.91 Å². The predicted octanol–water partition coefficient (Wildman–Crippen LogP) is 2.93. The first-order valence-corrected chi connectivity index (χ1v) is 9.26. The van der Waals surface area contributed by atoms with E-state index in [4.69, 9.17) is 9.47 Å². The first-order chi connectivity index (χ1) is 12.1. The molecular weight excluding hydrogens is 318 g/mol. The predicted molar refractivity (Wildman–Crippen MR) is 94.8 cm³/mol. The summed E-state index contributed by atoms with van der Waals surface area (Å²) in [5.41, 5.74) is 0.578. The summed E-state index contributed by atoms with van der Waals surface area (Å²) in [6.07, 6.45) is 3.59. The Morgan fingerprint density at radius 2 is 1.80 bits per heavy atom. The number of ketones is 1. The van der Waals surface area contributed by atoms with Crippen LogP contribution in [0.15, 0.2) is 24.3 Å². The second-order valence-electron chi connectivity index (χ2n) is 7.10. The standard InChI is InChI=1S/C20H27NO4/c1-15-6-10-21(11-7-15)19(22)14-25-18-5-3-2-4-17(18)20(23)16-8-12-24-13-9-16/h2-5,15-16H,6-14H2,1H3. The maximum Gasteiger partial charge on any atom is 0.260 e. The first-order valence-electron chi connectivity index (χ1n) is 9.26. The van der Waals surface area contributed by atoms with E-state index in [1.54, 1.807) is 12.1 Å². The lowest BCUT2D eigenvalue weighted by Gasteiger charge is -2.30. The summed E-state index contributed by atoms with van der Waals surface area (Å²) in [4.78, 5) is 27.0. The average molecular weight is 345 g/mol. The van der Waals surface area contributed by atoms with Crippen molar-refractivity contribution in [2.45, 2.75) is 32.6 Å². The summed E-state index contributed by atoms with van der Waals surface area (Å²) < 4.78 is 11.1. The first kappa shape index (κ1) is 17.9. The molecule has 1 aromatic carbocycles. The van der Waals surface area contributed by atoms with Gasteiger partial charge in [0.15, 0.2) is 12.4 Å². The van der Waals surface area contributed by atoms with Gasteiger partial charge < -0.3 is 14.4 Å². The number of nitrogens with zero attached hydrogens (tertiary/aromatic N) is 1. The summed E-state index contributed by atoms with van der Waals surface area (Å²) in [5, 5.41) is 0. The highest BCUT2D eigenvalue weighted by molar-refractivity contribution is 6.00. The largest absolute Gasteiger partial charge is 0.483 e.